The number of hydrazine groups is 1. The van der Waals surface area contributed by atoms with Crippen molar-refractivity contribution in [2.75, 3.05) is 26.4 Å². The molecule has 13 heteroatoms. The third-order valence-electron chi connectivity index (χ3n) is 4.96. The van der Waals surface area contributed by atoms with E-state index in [4.69, 9.17) is 26.2 Å². The maximum atomic E-state index is 13.3. The number of quaternary nitrogens is 1. The highest BCUT2D eigenvalue weighted by Gasteiger charge is 2.28. The van der Waals surface area contributed by atoms with E-state index >= 15 is 0 Å². The number of nitrogens with two attached hydrogens (primary N) is 1. The SMILES string of the molecule is Cc1nc(C(=O)NCc2ccc(F)c(Cl)c2)cc(C2=NN(C[C@H]3COC(CO)CO3)N[NH2+]2)n1. The largest absolute Gasteiger partial charge is 0.394 e. The first-order valence-corrected chi connectivity index (χ1v) is 10.7. The van der Waals surface area contributed by atoms with Crippen LogP contribution in [0.15, 0.2) is 29.4 Å². The van der Waals surface area contributed by atoms with Gasteiger partial charge in [-0.15, -0.1) is 0 Å². The van der Waals surface area contributed by atoms with Gasteiger partial charge in [-0.1, -0.05) is 28.3 Å². The zero-order valence-electron chi connectivity index (χ0n) is 17.8. The van der Waals surface area contributed by atoms with Crippen molar-refractivity contribution in [3.63, 3.8) is 0 Å². The van der Waals surface area contributed by atoms with Crippen molar-refractivity contribution in [2.24, 2.45) is 5.10 Å². The molecule has 0 spiro atoms. The van der Waals surface area contributed by atoms with Gasteiger partial charge in [0.25, 0.3) is 11.7 Å². The van der Waals surface area contributed by atoms with Crippen molar-refractivity contribution >= 4 is 23.3 Å². The third kappa shape index (κ3) is 5.99. The van der Waals surface area contributed by atoms with Crippen LogP contribution in [0.5, 0.6) is 0 Å². The van der Waals surface area contributed by atoms with Crippen molar-refractivity contribution in [1.29, 1.82) is 0 Å². The lowest BCUT2D eigenvalue weighted by molar-refractivity contribution is -0.619. The maximum absolute atomic E-state index is 13.3. The first-order valence-electron chi connectivity index (χ1n) is 10.3. The van der Waals surface area contributed by atoms with Gasteiger partial charge in [-0.05, 0) is 24.6 Å². The molecule has 0 radical (unpaired) electrons. The Morgan fingerprint density at radius 3 is 2.85 bits per heavy atom. The van der Waals surface area contributed by atoms with Gasteiger partial charge in [-0.2, -0.15) is 10.5 Å². The molecular formula is C20H24ClFN7O4+. The van der Waals surface area contributed by atoms with Crippen molar-refractivity contribution in [2.45, 2.75) is 25.7 Å². The number of hydrazone groups is 1. The summed E-state index contributed by atoms with van der Waals surface area (Å²) in [7, 11) is 0. The molecule has 33 heavy (non-hydrogen) atoms. The first-order chi connectivity index (χ1) is 15.9. The predicted molar refractivity (Wildman–Crippen MR) is 114 cm³/mol. The highest BCUT2D eigenvalue weighted by Crippen LogP contribution is 2.16. The third-order valence-corrected chi connectivity index (χ3v) is 5.25. The van der Waals surface area contributed by atoms with Crippen molar-refractivity contribution in [3.8, 4) is 0 Å². The summed E-state index contributed by atoms with van der Waals surface area (Å²) in [6, 6.07) is 5.80. The summed E-state index contributed by atoms with van der Waals surface area (Å²) in [6.07, 6.45) is -0.503. The van der Waals surface area contributed by atoms with Gasteiger partial charge in [0.15, 0.2) is 5.69 Å². The number of aromatic nitrogens is 2. The van der Waals surface area contributed by atoms with Crippen molar-refractivity contribution < 1.29 is 29.2 Å². The van der Waals surface area contributed by atoms with E-state index < -0.39 is 11.7 Å². The van der Waals surface area contributed by atoms with Gasteiger partial charge < -0.3 is 19.9 Å². The monoisotopic (exact) mass is 480 g/mol. The summed E-state index contributed by atoms with van der Waals surface area (Å²) in [5.41, 5.74) is 6.01. The summed E-state index contributed by atoms with van der Waals surface area (Å²) in [5, 5.41) is 17.9. The second-order valence-electron chi connectivity index (χ2n) is 7.55. The Balaban J connectivity index is 1.38. The Hall–Kier alpha value is -2.74. The Bertz CT molecular complexity index is 1050. The molecule has 3 heterocycles. The number of hydrogen-bond acceptors (Lipinski definition) is 9. The standard InChI is InChI=1S/C20H23ClFN7O4/c1-11-24-17(19-26-28-29(27-19)7-13-9-33-14(8-30)10-32-13)5-18(25-11)20(31)23-6-12-2-3-16(22)15(21)4-12/h2-5,13-14,28,30H,6-10H2,1H3,(H,23,31)(H,26,27)/p+1/t13-,14?/m0/s1. The van der Waals surface area contributed by atoms with Crippen LogP contribution in [0.1, 0.15) is 27.6 Å². The lowest BCUT2D eigenvalue weighted by Crippen LogP contribution is -2.95. The molecule has 2 aliphatic rings. The number of nitrogens with one attached hydrogen (secondary N) is 2. The number of carbonyl (C=O) groups is 1. The summed E-state index contributed by atoms with van der Waals surface area (Å²) in [5.74, 6) is 0.0219. The fourth-order valence-electron chi connectivity index (χ4n) is 3.27. The number of aliphatic hydroxyl groups excluding tert-OH is 1. The molecule has 11 nitrogen and oxygen atoms in total. The van der Waals surface area contributed by atoms with Crippen LogP contribution in [-0.4, -0.2) is 70.5 Å². The Morgan fingerprint density at radius 2 is 2.12 bits per heavy atom. The lowest BCUT2D eigenvalue weighted by atomic mass is 10.2. The molecule has 0 saturated carbocycles. The molecule has 1 aromatic heterocycles. The number of aliphatic hydroxyl groups is 1. The lowest BCUT2D eigenvalue weighted by Gasteiger charge is -2.29. The van der Waals surface area contributed by atoms with Gasteiger partial charge in [0.05, 0.1) is 31.4 Å². The summed E-state index contributed by atoms with van der Waals surface area (Å²) >= 11 is 5.79. The molecule has 2 atom stereocenters. The van der Waals surface area contributed by atoms with Crippen molar-refractivity contribution in [3.05, 3.63) is 57.9 Å². The second-order valence-corrected chi connectivity index (χ2v) is 7.96. The first kappa shape index (κ1) is 23.4. The zero-order chi connectivity index (χ0) is 23.4. The number of nitrogens with zero attached hydrogens (tertiary/aromatic N) is 4. The minimum atomic E-state index is -0.518. The summed E-state index contributed by atoms with van der Waals surface area (Å²) in [4.78, 5) is 21.2. The highest BCUT2D eigenvalue weighted by atomic mass is 35.5. The molecule has 1 fully saturated rings. The summed E-state index contributed by atoms with van der Waals surface area (Å²) < 4.78 is 24.5. The fraction of sp³-hybridized carbons (Fsp3) is 0.400. The van der Waals surface area contributed by atoms with Crippen LogP contribution in [0.4, 0.5) is 4.39 Å². The molecule has 2 aliphatic heterocycles. The molecule has 1 unspecified atom stereocenters. The second kappa shape index (κ2) is 10.5. The van der Waals surface area contributed by atoms with Gasteiger partial charge in [-0.3, -0.25) is 4.79 Å². The van der Waals surface area contributed by atoms with Crippen LogP contribution in [0.25, 0.3) is 0 Å². The normalized spacial score (nSPS) is 20.6. The number of rotatable bonds is 7. The van der Waals surface area contributed by atoms with Crippen LogP contribution in [-0.2, 0) is 16.0 Å². The minimum Gasteiger partial charge on any atom is -0.394 e. The smallest absolute Gasteiger partial charge is 0.289 e. The van der Waals surface area contributed by atoms with Crippen molar-refractivity contribution in [1.82, 2.24) is 25.9 Å². The number of carbonyl (C=O) groups excluding carboxylic acids is 1. The molecule has 1 aromatic carbocycles. The number of amidine groups is 1. The average molecular weight is 481 g/mol. The molecule has 176 valence electrons. The van der Waals surface area contributed by atoms with Gasteiger partial charge in [0.1, 0.15) is 29.5 Å². The number of hydrogen-bond donors (Lipinski definition) is 4. The number of benzene rings is 1. The van der Waals surface area contributed by atoms with E-state index in [0.717, 1.165) is 0 Å². The molecule has 5 N–H and O–H groups in total. The van der Waals surface area contributed by atoms with Crippen LogP contribution in [0, 0.1) is 12.7 Å². The number of amides is 1. The Kier molecular flexibility index (Phi) is 7.42. The van der Waals surface area contributed by atoms with Crippen LogP contribution in [0.2, 0.25) is 5.02 Å². The van der Waals surface area contributed by atoms with E-state index in [1.165, 1.54) is 12.1 Å². The van der Waals surface area contributed by atoms with E-state index in [2.05, 4.69) is 25.9 Å². The molecule has 0 bridgehead atoms. The van der Waals surface area contributed by atoms with Crippen LogP contribution < -0.4 is 16.3 Å². The van der Waals surface area contributed by atoms with E-state index in [1.807, 2.05) is 0 Å². The molecule has 1 saturated heterocycles. The molecule has 1 amide bonds. The topological polar surface area (TPSA) is 138 Å². The minimum absolute atomic E-state index is 0.00726. The van der Waals surface area contributed by atoms with E-state index in [0.29, 0.717) is 42.7 Å². The van der Waals surface area contributed by atoms with Crippen LogP contribution in [0.3, 0.4) is 0 Å². The zero-order valence-corrected chi connectivity index (χ0v) is 18.5. The van der Waals surface area contributed by atoms with Gasteiger partial charge >= 0.3 is 0 Å². The molecular weight excluding hydrogens is 457 g/mol. The van der Waals surface area contributed by atoms with Gasteiger partial charge in [0.2, 0.25) is 0 Å². The average Bonchev–Trinajstić information content (AvgIpc) is 3.28. The summed E-state index contributed by atoms with van der Waals surface area (Å²) in [6.45, 7) is 2.88. The molecule has 0 aliphatic carbocycles. The number of halogens is 2. The quantitative estimate of drug-likeness (QED) is 0.380. The number of aryl methyl sites for hydroxylation is 1. The molecule has 4 rings (SSSR count). The van der Waals surface area contributed by atoms with Gasteiger partial charge in [-0.25, -0.2) is 14.4 Å². The van der Waals surface area contributed by atoms with Crippen LogP contribution >= 0.6 is 11.6 Å². The maximum Gasteiger partial charge on any atom is 0.289 e. The fourth-order valence-corrected chi connectivity index (χ4v) is 3.47. The van der Waals surface area contributed by atoms with E-state index in [-0.39, 0.29) is 36.1 Å². The number of ether oxygens (including phenoxy) is 2. The highest BCUT2D eigenvalue weighted by molar-refractivity contribution is 6.30. The predicted octanol–water partition coefficient (Wildman–Crippen LogP) is -0.756. The molecule has 2 aromatic rings. The van der Waals surface area contributed by atoms with Gasteiger partial charge in [0, 0.05) is 12.6 Å². The van der Waals surface area contributed by atoms with E-state index in [9.17, 15) is 9.18 Å². The Morgan fingerprint density at radius 1 is 1.33 bits per heavy atom. The Labute approximate surface area is 193 Å². The van der Waals surface area contributed by atoms with E-state index in [1.54, 1.807) is 29.6 Å².